The Balaban J connectivity index is 1.65. The zero-order valence-corrected chi connectivity index (χ0v) is 18.8. The van der Waals surface area contributed by atoms with E-state index in [-0.39, 0.29) is 12.1 Å². The molecule has 0 unspecified atom stereocenters. The van der Waals surface area contributed by atoms with E-state index in [2.05, 4.69) is 28.9 Å². The lowest BCUT2D eigenvalue weighted by Gasteiger charge is -2.38. The third kappa shape index (κ3) is 2.99. The van der Waals surface area contributed by atoms with Gasteiger partial charge in [-0.05, 0) is 35.9 Å². The largest absolute Gasteiger partial charge is 0.480 e. The minimum absolute atomic E-state index is 0.144. The first kappa shape index (κ1) is 19.0. The number of thiophene rings is 1. The molecule has 8 heteroatoms. The van der Waals surface area contributed by atoms with E-state index < -0.39 is 0 Å². The molecule has 0 saturated carbocycles. The van der Waals surface area contributed by atoms with Crippen molar-refractivity contribution >= 4 is 46.3 Å². The van der Waals surface area contributed by atoms with E-state index in [0.717, 1.165) is 39.3 Å². The Bertz CT molecular complexity index is 1310. The first-order valence-corrected chi connectivity index (χ1v) is 12.3. The molecule has 0 bridgehead atoms. The number of halogens is 1. The lowest BCUT2D eigenvalue weighted by atomic mass is 9.87. The molecule has 4 aromatic rings. The lowest BCUT2D eigenvalue weighted by Crippen LogP contribution is -2.32. The van der Waals surface area contributed by atoms with Gasteiger partial charge in [-0.2, -0.15) is 4.98 Å². The number of hydrogen-bond acceptors (Lipinski definition) is 6. The highest BCUT2D eigenvalue weighted by atomic mass is 35.5. The van der Waals surface area contributed by atoms with Crippen LogP contribution < -0.4 is 10.1 Å². The molecule has 0 saturated heterocycles. The Morgan fingerprint density at radius 2 is 1.94 bits per heavy atom. The van der Waals surface area contributed by atoms with Crippen molar-refractivity contribution in [3.8, 4) is 5.75 Å². The summed E-state index contributed by atoms with van der Waals surface area (Å²) in [5.41, 5.74) is 4.04. The highest BCUT2D eigenvalue weighted by Crippen LogP contribution is 2.52. The van der Waals surface area contributed by atoms with Crippen LogP contribution in [0.2, 0.25) is 5.02 Å². The summed E-state index contributed by atoms with van der Waals surface area (Å²) >= 11 is 9.89. The average molecular weight is 465 g/mol. The quantitative estimate of drug-likeness (QED) is 0.362. The molecular formula is C23H17ClN4OS2. The molecule has 31 heavy (non-hydrogen) atoms. The van der Waals surface area contributed by atoms with Crippen molar-refractivity contribution in [2.24, 2.45) is 0 Å². The molecule has 0 aliphatic carbocycles. The molecule has 0 radical (unpaired) electrons. The number of benzene rings is 2. The number of fused-ring (bicyclic) bond motifs is 3. The van der Waals surface area contributed by atoms with E-state index in [0.29, 0.717) is 5.02 Å². The van der Waals surface area contributed by atoms with Crippen LogP contribution in [0.1, 0.15) is 28.1 Å². The summed E-state index contributed by atoms with van der Waals surface area (Å²) in [5.74, 6) is 1.55. The first-order valence-electron chi connectivity index (χ1n) is 9.80. The monoisotopic (exact) mass is 464 g/mol. The molecular weight excluding hydrogens is 448 g/mol. The predicted molar refractivity (Wildman–Crippen MR) is 126 cm³/mol. The standard InChI is InChI=1S/C23H17ClN4OS2/c1-30-23-26-22-25-19-14-8-3-5-10-16(14)29-21(13-7-2-4-9-15(13)24)18(19)20(28(22)27-23)17-11-6-12-31-17/h2-12,20-21H,1H3,(H,25,26,27)/t20-,21-/m0/s1. The van der Waals surface area contributed by atoms with E-state index in [1.54, 1.807) is 11.3 Å². The number of ether oxygens (including phenoxy) is 1. The number of para-hydroxylation sites is 1. The van der Waals surface area contributed by atoms with Crippen molar-refractivity contribution in [3.63, 3.8) is 0 Å². The molecule has 0 amide bonds. The predicted octanol–water partition coefficient (Wildman–Crippen LogP) is 6.27. The van der Waals surface area contributed by atoms with Crippen LogP contribution in [-0.2, 0) is 0 Å². The summed E-state index contributed by atoms with van der Waals surface area (Å²) in [6.45, 7) is 0. The van der Waals surface area contributed by atoms with Gasteiger partial charge in [0.1, 0.15) is 11.8 Å². The summed E-state index contributed by atoms with van der Waals surface area (Å²) in [7, 11) is 0. The van der Waals surface area contributed by atoms with Gasteiger partial charge in [-0.15, -0.1) is 16.4 Å². The van der Waals surface area contributed by atoms with E-state index in [4.69, 9.17) is 26.4 Å². The molecule has 154 valence electrons. The Morgan fingerprint density at radius 3 is 2.74 bits per heavy atom. The Hall–Kier alpha value is -2.74. The fourth-order valence-electron chi connectivity index (χ4n) is 4.21. The molecule has 4 heterocycles. The summed E-state index contributed by atoms with van der Waals surface area (Å²) in [5, 5.41) is 11.8. The fourth-order valence-corrected chi connectivity index (χ4v) is 5.62. The third-order valence-electron chi connectivity index (χ3n) is 5.54. The maximum absolute atomic E-state index is 6.66. The van der Waals surface area contributed by atoms with Crippen LogP contribution in [0.5, 0.6) is 5.75 Å². The molecule has 2 aliphatic heterocycles. The third-order valence-corrected chi connectivity index (χ3v) is 7.35. The van der Waals surface area contributed by atoms with Crippen molar-refractivity contribution in [2.75, 3.05) is 11.6 Å². The first-order chi connectivity index (χ1) is 15.2. The highest BCUT2D eigenvalue weighted by Gasteiger charge is 2.42. The fraction of sp³-hybridized carbons (Fsp3) is 0.130. The second kappa shape index (κ2) is 7.44. The van der Waals surface area contributed by atoms with E-state index in [1.165, 1.54) is 16.6 Å². The van der Waals surface area contributed by atoms with Gasteiger partial charge in [0.05, 0.1) is 5.70 Å². The van der Waals surface area contributed by atoms with E-state index >= 15 is 0 Å². The van der Waals surface area contributed by atoms with Gasteiger partial charge in [-0.3, -0.25) is 0 Å². The van der Waals surface area contributed by atoms with Gasteiger partial charge >= 0.3 is 0 Å². The number of anilines is 1. The normalized spacial score (nSPS) is 19.2. The van der Waals surface area contributed by atoms with Gasteiger partial charge in [-0.1, -0.05) is 59.8 Å². The molecule has 0 spiro atoms. The van der Waals surface area contributed by atoms with Crippen molar-refractivity contribution in [1.29, 1.82) is 0 Å². The number of aromatic nitrogens is 3. The van der Waals surface area contributed by atoms with Gasteiger partial charge in [0, 0.05) is 26.6 Å². The summed E-state index contributed by atoms with van der Waals surface area (Å²) in [6, 6.07) is 20.0. The van der Waals surface area contributed by atoms with Crippen LogP contribution in [0, 0.1) is 0 Å². The van der Waals surface area contributed by atoms with E-state index in [1.807, 2.05) is 53.4 Å². The van der Waals surface area contributed by atoms with Crippen molar-refractivity contribution < 1.29 is 4.74 Å². The highest BCUT2D eigenvalue weighted by molar-refractivity contribution is 7.98. The van der Waals surface area contributed by atoms with Crippen LogP contribution in [-0.4, -0.2) is 21.0 Å². The smallest absolute Gasteiger partial charge is 0.227 e. The lowest BCUT2D eigenvalue weighted by molar-refractivity contribution is 0.223. The number of thioether (sulfide) groups is 1. The van der Waals surface area contributed by atoms with Gasteiger partial charge in [0.15, 0.2) is 6.10 Å². The molecule has 2 aromatic heterocycles. The van der Waals surface area contributed by atoms with Crippen molar-refractivity contribution in [3.05, 3.63) is 92.6 Å². The molecule has 1 N–H and O–H groups in total. The topological polar surface area (TPSA) is 52.0 Å². The Labute approximate surface area is 192 Å². The molecule has 5 nitrogen and oxygen atoms in total. The maximum atomic E-state index is 6.66. The Kier molecular flexibility index (Phi) is 4.56. The zero-order chi connectivity index (χ0) is 20.9. The second-order valence-corrected chi connectivity index (χ2v) is 9.42. The molecule has 2 aliphatic rings. The number of nitrogens with zero attached hydrogens (tertiary/aromatic N) is 3. The molecule has 0 fully saturated rings. The summed E-state index contributed by atoms with van der Waals surface area (Å²) in [6.07, 6.45) is 1.63. The van der Waals surface area contributed by atoms with Crippen molar-refractivity contribution in [2.45, 2.75) is 17.3 Å². The SMILES string of the molecule is CSc1nc2n(n1)[C@@H](c1cccs1)C1=C(N2)c2ccccc2O[C@H]1c1ccccc1Cl. The number of nitrogens with one attached hydrogen (secondary N) is 1. The van der Waals surface area contributed by atoms with Gasteiger partial charge in [0.2, 0.25) is 11.1 Å². The van der Waals surface area contributed by atoms with Gasteiger partial charge in [0.25, 0.3) is 0 Å². The number of rotatable bonds is 3. The van der Waals surface area contributed by atoms with Crippen LogP contribution in [0.25, 0.3) is 5.70 Å². The maximum Gasteiger partial charge on any atom is 0.227 e. The minimum Gasteiger partial charge on any atom is -0.480 e. The Morgan fingerprint density at radius 1 is 1.10 bits per heavy atom. The summed E-state index contributed by atoms with van der Waals surface area (Å²) in [4.78, 5) is 5.89. The van der Waals surface area contributed by atoms with Crippen LogP contribution in [0.15, 0.2) is 76.8 Å². The minimum atomic E-state index is -0.353. The van der Waals surface area contributed by atoms with E-state index in [9.17, 15) is 0 Å². The molecule has 2 aromatic carbocycles. The van der Waals surface area contributed by atoms with Crippen molar-refractivity contribution in [1.82, 2.24) is 14.8 Å². The zero-order valence-electron chi connectivity index (χ0n) is 16.4. The molecule has 2 atom stereocenters. The van der Waals surface area contributed by atoms with Gasteiger partial charge in [-0.25, -0.2) is 4.68 Å². The van der Waals surface area contributed by atoms with Gasteiger partial charge < -0.3 is 10.1 Å². The van der Waals surface area contributed by atoms with Crippen LogP contribution >= 0.6 is 34.7 Å². The number of hydrogen-bond donors (Lipinski definition) is 1. The second-order valence-electron chi connectivity index (χ2n) is 7.26. The average Bonchev–Trinajstić information content (AvgIpc) is 3.47. The van der Waals surface area contributed by atoms with Crippen LogP contribution in [0.4, 0.5) is 5.95 Å². The van der Waals surface area contributed by atoms with Crippen LogP contribution in [0.3, 0.4) is 0 Å². The molecule has 6 rings (SSSR count). The summed E-state index contributed by atoms with van der Waals surface area (Å²) < 4.78 is 8.57.